The lowest BCUT2D eigenvalue weighted by Crippen LogP contribution is -2.50. The Morgan fingerprint density at radius 1 is 1.19 bits per heavy atom. The van der Waals surface area contributed by atoms with Gasteiger partial charge in [-0.2, -0.15) is 0 Å². The van der Waals surface area contributed by atoms with Crippen LogP contribution in [0.3, 0.4) is 0 Å². The molecule has 1 atom stereocenters. The van der Waals surface area contributed by atoms with Crippen LogP contribution < -0.4 is 5.32 Å². The lowest BCUT2D eigenvalue weighted by Gasteiger charge is -2.33. The van der Waals surface area contributed by atoms with Crippen LogP contribution in [0.25, 0.3) is 0 Å². The second kappa shape index (κ2) is 9.15. The molecule has 1 saturated carbocycles. The predicted molar refractivity (Wildman–Crippen MR) is 102 cm³/mol. The van der Waals surface area contributed by atoms with Crippen molar-refractivity contribution in [2.45, 2.75) is 70.8 Å². The van der Waals surface area contributed by atoms with Gasteiger partial charge in [-0.3, -0.25) is 14.6 Å². The van der Waals surface area contributed by atoms with Crippen LogP contribution >= 0.6 is 0 Å². The minimum atomic E-state index is -0.00585. The maximum Gasteiger partial charge on any atom is 0.272 e. The third-order valence-electron chi connectivity index (χ3n) is 5.75. The summed E-state index contributed by atoms with van der Waals surface area (Å²) in [4.78, 5) is 31.4. The van der Waals surface area contributed by atoms with Crippen molar-refractivity contribution in [2.75, 3.05) is 13.1 Å². The number of aryl methyl sites for hydroxylation is 1. The number of nitrogens with one attached hydrogen (secondary N) is 1. The number of amides is 2. The molecular formula is C21H31N3O2. The quantitative estimate of drug-likeness (QED) is 0.879. The Hall–Kier alpha value is -1.91. The van der Waals surface area contributed by atoms with Crippen molar-refractivity contribution in [3.8, 4) is 0 Å². The Morgan fingerprint density at radius 2 is 2.00 bits per heavy atom. The number of likely N-dealkylation sites (tertiary alicyclic amines) is 1. The Bertz CT molecular complexity index is 625. The smallest absolute Gasteiger partial charge is 0.272 e. The van der Waals surface area contributed by atoms with Gasteiger partial charge in [-0.1, -0.05) is 32.3 Å². The van der Waals surface area contributed by atoms with E-state index in [9.17, 15) is 9.59 Å². The molecule has 0 bridgehead atoms. The molecule has 5 nitrogen and oxygen atoms in total. The van der Waals surface area contributed by atoms with Crippen LogP contribution in [-0.2, 0) is 11.2 Å². The normalized spacial score (nSPS) is 21.4. The Labute approximate surface area is 156 Å². The third-order valence-corrected chi connectivity index (χ3v) is 5.75. The zero-order chi connectivity index (χ0) is 18.4. The molecule has 142 valence electrons. The number of nitrogens with zero attached hydrogens (tertiary/aromatic N) is 2. The summed E-state index contributed by atoms with van der Waals surface area (Å²) < 4.78 is 0. The molecule has 1 aromatic rings. The van der Waals surface area contributed by atoms with Crippen LogP contribution in [0.15, 0.2) is 18.3 Å². The van der Waals surface area contributed by atoms with E-state index in [2.05, 4.69) is 10.3 Å². The average Bonchev–Trinajstić information content (AvgIpc) is 2.68. The van der Waals surface area contributed by atoms with Gasteiger partial charge >= 0.3 is 0 Å². The highest BCUT2D eigenvalue weighted by atomic mass is 16.2. The molecule has 2 fully saturated rings. The molecular weight excluding hydrogens is 326 g/mol. The number of carbonyl (C=O) groups excluding carboxylic acids is 2. The van der Waals surface area contributed by atoms with Crippen molar-refractivity contribution in [3.63, 3.8) is 0 Å². The van der Waals surface area contributed by atoms with Gasteiger partial charge in [0.15, 0.2) is 0 Å². The highest BCUT2D eigenvalue weighted by molar-refractivity contribution is 5.93. The van der Waals surface area contributed by atoms with E-state index in [-0.39, 0.29) is 17.9 Å². The third kappa shape index (κ3) is 4.83. The molecule has 0 spiro atoms. The highest BCUT2D eigenvalue weighted by Crippen LogP contribution is 2.26. The molecule has 1 aliphatic carbocycles. The van der Waals surface area contributed by atoms with Crippen molar-refractivity contribution < 1.29 is 9.59 Å². The van der Waals surface area contributed by atoms with E-state index in [1.807, 2.05) is 24.0 Å². The monoisotopic (exact) mass is 357 g/mol. The molecule has 1 aliphatic heterocycles. The van der Waals surface area contributed by atoms with Gasteiger partial charge < -0.3 is 10.2 Å². The highest BCUT2D eigenvalue weighted by Gasteiger charge is 2.27. The first-order valence-electron chi connectivity index (χ1n) is 10.2. The van der Waals surface area contributed by atoms with Crippen LogP contribution in [0.2, 0.25) is 0 Å². The van der Waals surface area contributed by atoms with Crippen LogP contribution in [0, 0.1) is 5.92 Å². The number of rotatable bonds is 5. The molecule has 1 saturated heterocycles. The molecule has 1 aromatic heterocycles. The number of hydrogen-bond donors (Lipinski definition) is 1. The van der Waals surface area contributed by atoms with E-state index in [0.29, 0.717) is 24.6 Å². The topological polar surface area (TPSA) is 62.3 Å². The van der Waals surface area contributed by atoms with Crippen molar-refractivity contribution in [1.29, 1.82) is 0 Å². The maximum absolute atomic E-state index is 12.9. The fraction of sp³-hybridized carbons (Fsp3) is 0.667. The van der Waals surface area contributed by atoms with Gasteiger partial charge in [0, 0.05) is 31.7 Å². The first kappa shape index (κ1) is 18.9. The summed E-state index contributed by atoms with van der Waals surface area (Å²) in [6, 6.07) is 3.91. The molecule has 0 radical (unpaired) electrons. The van der Waals surface area contributed by atoms with E-state index in [4.69, 9.17) is 0 Å². The SMILES string of the molecule is CCc1cccnc1C(=O)N1CCC[C@H](NC(=O)CC2CCCCC2)C1. The van der Waals surface area contributed by atoms with Gasteiger partial charge in [0.25, 0.3) is 5.91 Å². The number of aromatic nitrogens is 1. The fourth-order valence-corrected chi connectivity index (χ4v) is 4.29. The molecule has 2 heterocycles. The van der Waals surface area contributed by atoms with Crippen molar-refractivity contribution in [1.82, 2.24) is 15.2 Å². The molecule has 1 N–H and O–H groups in total. The van der Waals surface area contributed by atoms with Crippen molar-refractivity contribution in [3.05, 3.63) is 29.6 Å². The first-order valence-corrected chi connectivity index (χ1v) is 10.2. The number of carbonyl (C=O) groups is 2. The van der Waals surface area contributed by atoms with Crippen LogP contribution in [-0.4, -0.2) is 40.8 Å². The Balaban J connectivity index is 1.55. The van der Waals surface area contributed by atoms with Crippen LogP contribution in [0.4, 0.5) is 0 Å². The van der Waals surface area contributed by atoms with Crippen molar-refractivity contribution >= 4 is 11.8 Å². The van der Waals surface area contributed by atoms with Gasteiger partial charge in [-0.25, -0.2) is 0 Å². The van der Waals surface area contributed by atoms with E-state index in [1.54, 1.807) is 6.20 Å². The molecule has 2 amide bonds. The molecule has 5 heteroatoms. The average molecular weight is 357 g/mol. The largest absolute Gasteiger partial charge is 0.352 e. The summed E-state index contributed by atoms with van der Waals surface area (Å²) in [5.41, 5.74) is 1.55. The van der Waals surface area contributed by atoms with Crippen molar-refractivity contribution in [2.24, 2.45) is 5.92 Å². The first-order chi connectivity index (χ1) is 12.7. The van der Waals surface area contributed by atoms with E-state index < -0.39 is 0 Å². The number of hydrogen-bond acceptors (Lipinski definition) is 3. The molecule has 2 aliphatic rings. The minimum Gasteiger partial charge on any atom is -0.352 e. The summed E-state index contributed by atoms with van der Waals surface area (Å²) in [7, 11) is 0. The zero-order valence-corrected chi connectivity index (χ0v) is 15.9. The Morgan fingerprint density at radius 3 is 2.77 bits per heavy atom. The second-order valence-electron chi connectivity index (χ2n) is 7.73. The van der Waals surface area contributed by atoms with Crippen LogP contribution in [0.5, 0.6) is 0 Å². The molecule has 26 heavy (non-hydrogen) atoms. The Kier molecular flexibility index (Phi) is 6.64. The van der Waals surface area contributed by atoms with E-state index in [0.717, 1.165) is 31.4 Å². The van der Waals surface area contributed by atoms with Gasteiger partial charge in [0.1, 0.15) is 5.69 Å². The lowest BCUT2D eigenvalue weighted by atomic mass is 9.86. The van der Waals surface area contributed by atoms with E-state index in [1.165, 1.54) is 32.1 Å². The zero-order valence-electron chi connectivity index (χ0n) is 15.9. The van der Waals surface area contributed by atoms with Gasteiger partial charge in [0.2, 0.25) is 5.91 Å². The standard InChI is InChI=1S/C21H31N3O2/c1-2-17-10-6-12-22-20(17)21(26)24-13-7-11-18(15-24)23-19(25)14-16-8-4-3-5-9-16/h6,10,12,16,18H,2-5,7-9,11,13-15H2,1H3,(H,23,25)/t18-/m0/s1. The van der Waals surface area contributed by atoms with E-state index >= 15 is 0 Å². The summed E-state index contributed by atoms with van der Waals surface area (Å²) in [6.45, 7) is 3.38. The molecule has 0 unspecified atom stereocenters. The van der Waals surface area contributed by atoms with Gasteiger partial charge in [-0.15, -0.1) is 0 Å². The summed E-state index contributed by atoms with van der Waals surface area (Å²) in [5.74, 6) is 0.697. The molecule has 3 rings (SSSR count). The van der Waals surface area contributed by atoms with Gasteiger partial charge in [-0.05, 0) is 49.7 Å². The number of pyridine rings is 1. The summed E-state index contributed by atoms with van der Waals surface area (Å²) in [5, 5.41) is 3.18. The van der Waals surface area contributed by atoms with Gasteiger partial charge in [0.05, 0.1) is 0 Å². The fourth-order valence-electron chi connectivity index (χ4n) is 4.29. The molecule has 0 aromatic carbocycles. The summed E-state index contributed by atoms with van der Waals surface area (Å²) in [6.07, 6.45) is 11.2. The lowest BCUT2D eigenvalue weighted by molar-refractivity contribution is -0.123. The maximum atomic E-state index is 12.9. The predicted octanol–water partition coefficient (Wildman–Crippen LogP) is 3.34. The second-order valence-corrected chi connectivity index (χ2v) is 7.73. The minimum absolute atomic E-state index is 0.00585. The van der Waals surface area contributed by atoms with Crippen LogP contribution in [0.1, 0.15) is 74.3 Å². The summed E-state index contributed by atoms with van der Waals surface area (Å²) >= 11 is 0. The number of piperidine rings is 1.